The number of nitrogens with zero attached hydrogens (tertiary/aromatic N) is 3. The van der Waals surface area contributed by atoms with E-state index in [1.807, 2.05) is 36.1 Å². The van der Waals surface area contributed by atoms with Crippen LogP contribution in [0.15, 0.2) is 48.0 Å². The van der Waals surface area contributed by atoms with Gasteiger partial charge in [0.15, 0.2) is 0 Å². The van der Waals surface area contributed by atoms with E-state index < -0.39 is 0 Å². The Morgan fingerprint density at radius 2 is 1.96 bits per heavy atom. The van der Waals surface area contributed by atoms with Crippen molar-refractivity contribution in [2.24, 2.45) is 0 Å². The zero-order valence-corrected chi connectivity index (χ0v) is 17.3. The van der Waals surface area contributed by atoms with Gasteiger partial charge in [0.05, 0.1) is 11.2 Å². The van der Waals surface area contributed by atoms with Crippen LogP contribution >= 0.6 is 22.9 Å². The molecule has 0 radical (unpaired) electrons. The predicted octanol–water partition coefficient (Wildman–Crippen LogP) is 5.11. The molecule has 0 spiro atoms. The summed E-state index contributed by atoms with van der Waals surface area (Å²) in [5, 5.41) is 0.778. The molecule has 28 heavy (non-hydrogen) atoms. The molecule has 1 aliphatic rings. The van der Waals surface area contributed by atoms with Crippen molar-refractivity contribution < 1.29 is 4.79 Å². The predicted molar refractivity (Wildman–Crippen MR) is 113 cm³/mol. The average Bonchev–Trinajstić information content (AvgIpc) is 3.15. The molecular formula is C22H22ClN3OS. The van der Waals surface area contributed by atoms with Crippen LogP contribution in [0, 0.1) is 6.92 Å². The number of carbonyl (C=O) groups is 1. The van der Waals surface area contributed by atoms with Gasteiger partial charge in [-0.15, -0.1) is 11.3 Å². The topological polar surface area (TPSA) is 46.1 Å². The average molecular weight is 412 g/mol. The van der Waals surface area contributed by atoms with E-state index in [0.29, 0.717) is 5.92 Å². The van der Waals surface area contributed by atoms with E-state index in [2.05, 4.69) is 23.2 Å². The number of aromatic nitrogens is 2. The van der Waals surface area contributed by atoms with E-state index in [1.165, 1.54) is 11.3 Å². The molecule has 0 unspecified atom stereocenters. The number of rotatable bonds is 4. The number of aryl methyl sites for hydroxylation is 1. The SMILES string of the molecule is Cc1ncsc1C(=O)N1CCC(c2cccc(Cc3ccccc3Cl)n2)CC1. The molecule has 0 bridgehead atoms. The number of thiazole rings is 1. The summed E-state index contributed by atoms with van der Waals surface area (Å²) in [7, 11) is 0. The lowest BCUT2D eigenvalue weighted by Crippen LogP contribution is -2.38. The van der Waals surface area contributed by atoms with E-state index in [9.17, 15) is 4.79 Å². The molecule has 6 heteroatoms. The van der Waals surface area contributed by atoms with Crippen LogP contribution in [-0.4, -0.2) is 33.9 Å². The highest BCUT2D eigenvalue weighted by Crippen LogP contribution is 2.29. The van der Waals surface area contributed by atoms with Gasteiger partial charge in [-0.2, -0.15) is 0 Å². The van der Waals surface area contributed by atoms with Crippen LogP contribution in [0.2, 0.25) is 5.02 Å². The Kier molecular flexibility index (Phi) is 5.74. The summed E-state index contributed by atoms with van der Waals surface area (Å²) in [6.45, 7) is 3.42. The highest BCUT2D eigenvalue weighted by molar-refractivity contribution is 7.11. The van der Waals surface area contributed by atoms with E-state index in [0.717, 1.165) is 64.9 Å². The van der Waals surface area contributed by atoms with Gasteiger partial charge in [0.25, 0.3) is 5.91 Å². The molecule has 1 aliphatic heterocycles. The Morgan fingerprint density at radius 3 is 2.68 bits per heavy atom. The van der Waals surface area contributed by atoms with Crippen LogP contribution in [0.1, 0.15) is 51.1 Å². The second-order valence-electron chi connectivity index (χ2n) is 7.16. The monoisotopic (exact) mass is 411 g/mol. The molecule has 1 aromatic carbocycles. The first-order valence-corrected chi connectivity index (χ1v) is 10.8. The van der Waals surface area contributed by atoms with Crippen molar-refractivity contribution in [3.63, 3.8) is 0 Å². The summed E-state index contributed by atoms with van der Waals surface area (Å²) >= 11 is 7.72. The number of amides is 1. The number of piperidine rings is 1. The number of hydrogen-bond donors (Lipinski definition) is 0. The van der Waals surface area contributed by atoms with Crippen LogP contribution in [-0.2, 0) is 6.42 Å². The fourth-order valence-electron chi connectivity index (χ4n) is 3.69. The number of halogens is 1. The summed E-state index contributed by atoms with van der Waals surface area (Å²) in [6, 6.07) is 14.1. The zero-order chi connectivity index (χ0) is 19.5. The molecule has 4 nitrogen and oxygen atoms in total. The first-order chi connectivity index (χ1) is 13.6. The molecule has 3 aromatic rings. The number of carbonyl (C=O) groups excluding carboxylic acids is 1. The minimum Gasteiger partial charge on any atom is -0.338 e. The van der Waals surface area contributed by atoms with Crippen molar-refractivity contribution in [3.8, 4) is 0 Å². The maximum absolute atomic E-state index is 12.7. The van der Waals surface area contributed by atoms with Crippen LogP contribution in [0.5, 0.6) is 0 Å². The van der Waals surface area contributed by atoms with Crippen molar-refractivity contribution in [2.75, 3.05) is 13.1 Å². The fourth-order valence-corrected chi connectivity index (χ4v) is 4.66. The van der Waals surface area contributed by atoms with Gasteiger partial charge in [-0.3, -0.25) is 9.78 Å². The van der Waals surface area contributed by atoms with E-state index in [1.54, 1.807) is 5.51 Å². The van der Waals surface area contributed by atoms with Crippen LogP contribution in [0.25, 0.3) is 0 Å². The normalized spacial score (nSPS) is 15.0. The van der Waals surface area contributed by atoms with Crippen molar-refractivity contribution in [1.82, 2.24) is 14.9 Å². The number of pyridine rings is 1. The summed E-state index contributed by atoms with van der Waals surface area (Å²) in [6.07, 6.45) is 2.60. The molecule has 4 rings (SSSR count). The lowest BCUT2D eigenvalue weighted by molar-refractivity contribution is 0.0716. The Hall–Kier alpha value is -2.24. The molecule has 0 atom stereocenters. The van der Waals surface area contributed by atoms with Gasteiger partial charge in [-0.1, -0.05) is 35.9 Å². The van der Waals surface area contributed by atoms with Gasteiger partial charge in [-0.05, 0) is 43.5 Å². The number of benzene rings is 1. The molecule has 3 heterocycles. The smallest absolute Gasteiger partial charge is 0.265 e. The summed E-state index contributed by atoms with van der Waals surface area (Å²) in [5.74, 6) is 0.497. The van der Waals surface area contributed by atoms with E-state index in [4.69, 9.17) is 16.6 Å². The van der Waals surface area contributed by atoms with Crippen LogP contribution in [0.3, 0.4) is 0 Å². The Balaban J connectivity index is 1.42. The maximum atomic E-state index is 12.7. The van der Waals surface area contributed by atoms with Crippen LogP contribution in [0.4, 0.5) is 0 Å². The minimum atomic E-state index is 0.110. The van der Waals surface area contributed by atoms with Crippen LogP contribution < -0.4 is 0 Å². The second kappa shape index (κ2) is 8.41. The Bertz CT molecular complexity index is 979. The Morgan fingerprint density at radius 1 is 1.18 bits per heavy atom. The Labute approximate surface area is 174 Å². The number of likely N-dealkylation sites (tertiary alicyclic amines) is 1. The molecular weight excluding hydrogens is 390 g/mol. The quantitative estimate of drug-likeness (QED) is 0.599. The largest absolute Gasteiger partial charge is 0.338 e. The molecule has 144 valence electrons. The first kappa shape index (κ1) is 19.1. The minimum absolute atomic E-state index is 0.110. The fraction of sp³-hybridized carbons (Fsp3) is 0.318. The molecule has 0 aliphatic carbocycles. The van der Waals surface area contributed by atoms with Gasteiger partial charge >= 0.3 is 0 Å². The maximum Gasteiger partial charge on any atom is 0.265 e. The molecule has 0 saturated carbocycles. The molecule has 1 fully saturated rings. The lowest BCUT2D eigenvalue weighted by atomic mass is 9.92. The van der Waals surface area contributed by atoms with Crippen molar-refractivity contribution in [2.45, 2.75) is 32.1 Å². The first-order valence-electron chi connectivity index (χ1n) is 9.50. The number of hydrogen-bond acceptors (Lipinski definition) is 4. The molecule has 1 saturated heterocycles. The van der Waals surface area contributed by atoms with Gasteiger partial charge in [0, 0.05) is 41.8 Å². The third-order valence-corrected chi connectivity index (χ3v) is 6.58. The molecule has 1 amide bonds. The van der Waals surface area contributed by atoms with E-state index >= 15 is 0 Å². The van der Waals surface area contributed by atoms with Gasteiger partial charge in [0.1, 0.15) is 4.88 Å². The molecule has 0 N–H and O–H groups in total. The van der Waals surface area contributed by atoms with Gasteiger partial charge < -0.3 is 4.90 Å². The lowest BCUT2D eigenvalue weighted by Gasteiger charge is -2.31. The highest BCUT2D eigenvalue weighted by atomic mass is 35.5. The summed E-state index contributed by atoms with van der Waals surface area (Å²) < 4.78 is 0. The standard InChI is InChI=1S/C22H22ClN3OS/c1-15-21(28-14-24-15)22(27)26-11-9-16(10-12-26)20-8-4-6-18(25-20)13-17-5-2-3-7-19(17)23/h2-8,14,16H,9-13H2,1H3. The summed E-state index contributed by atoms with van der Waals surface area (Å²) in [5.41, 5.74) is 5.80. The van der Waals surface area contributed by atoms with Gasteiger partial charge in [0.2, 0.25) is 0 Å². The second-order valence-corrected chi connectivity index (χ2v) is 8.42. The highest BCUT2D eigenvalue weighted by Gasteiger charge is 2.27. The van der Waals surface area contributed by atoms with E-state index in [-0.39, 0.29) is 5.91 Å². The van der Waals surface area contributed by atoms with Crippen molar-refractivity contribution >= 4 is 28.8 Å². The summed E-state index contributed by atoms with van der Waals surface area (Å²) in [4.78, 5) is 24.5. The zero-order valence-electron chi connectivity index (χ0n) is 15.8. The third-order valence-electron chi connectivity index (χ3n) is 5.30. The third kappa shape index (κ3) is 4.10. The van der Waals surface area contributed by atoms with Crippen molar-refractivity contribution in [1.29, 1.82) is 0 Å². The molecule has 2 aromatic heterocycles. The van der Waals surface area contributed by atoms with Gasteiger partial charge in [-0.25, -0.2) is 4.98 Å². The van der Waals surface area contributed by atoms with Crippen molar-refractivity contribution in [3.05, 3.63) is 80.5 Å².